The third-order valence-electron chi connectivity index (χ3n) is 2.95. The third-order valence-corrected chi connectivity index (χ3v) is 4.06. The first-order valence-electron chi connectivity index (χ1n) is 5.29. The molecule has 2 rings (SSSR count). The highest BCUT2D eigenvalue weighted by atomic mass is 32.2. The molecule has 1 atom stereocenters. The van der Waals surface area contributed by atoms with Crippen molar-refractivity contribution in [3.8, 4) is 0 Å². The van der Waals surface area contributed by atoms with E-state index in [-0.39, 0.29) is 11.5 Å². The van der Waals surface area contributed by atoms with Gasteiger partial charge in [-0.15, -0.1) is 0 Å². The van der Waals surface area contributed by atoms with Gasteiger partial charge in [-0.25, -0.2) is 17.2 Å². The monoisotopic (exact) mass is 261 g/mol. The minimum absolute atomic E-state index is 0.0851. The van der Waals surface area contributed by atoms with Crippen molar-refractivity contribution in [2.24, 2.45) is 0 Å². The Morgan fingerprint density at radius 2 is 2.00 bits per heavy atom. The Kier molecular flexibility index (Phi) is 3.18. The summed E-state index contributed by atoms with van der Waals surface area (Å²) in [6, 6.07) is 1.78. The molecule has 1 unspecified atom stereocenters. The number of rotatable bonds is 2. The smallest absolute Gasteiger partial charge is 0.178 e. The maximum absolute atomic E-state index is 13.8. The molecule has 1 N–H and O–H groups in total. The van der Waals surface area contributed by atoms with E-state index in [4.69, 9.17) is 0 Å². The molecule has 6 heteroatoms. The van der Waals surface area contributed by atoms with Crippen molar-refractivity contribution in [2.75, 3.05) is 19.3 Å². The molecule has 0 amide bonds. The Bertz CT molecular complexity index is 537. The topological polar surface area (TPSA) is 46.2 Å². The van der Waals surface area contributed by atoms with E-state index < -0.39 is 26.4 Å². The van der Waals surface area contributed by atoms with Gasteiger partial charge in [0.2, 0.25) is 0 Å². The zero-order valence-corrected chi connectivity index (χ0v) is 10.2. The Balaban J connectivity index is 2.48. The highest BCUT2D eigenvalue weighted by Crippen LogP contribution is 2.28. The second-order valence-corrected chi connectivity index (χ2v) is 6.25. The SMILES string of the molecule is CS(=O)(=O)c1cc(F)c(C2CCNC2)cc1F. The van der Waals surface area contributed by atoms with E-state index in [0.29, 0.717) is 6.54 Å². The predicted molar refractivity (Wildman–Crippen MR) is 59.7 cm³/mol. The fourth-order valence-electron chi connectivity index (χ4n) is 2.06. The maximum Gasteiger partial charge on any atom is 0.178 e. The Hall–Kier alpha value is -1.01. The first-order valence-corrected chi connectivity index (χ1v) is 7.18. The number of benzene rings is 1. The molecular weight excluding hydrogens is 248 g/mol. The van der Waals surface area contributed by atoms with Crippen LogP contribution in [0.1, 0.15) is 17.9 Å². The normalized spacial score (nSPS) is 20.8. The lowest BCUT2D eigenvalue weighted by molar-refractivity contribution is 0.538. The summed E-state index contributed by atoms with van der Waals surface area (Å²) in [5.74, 6) is -1.62. The predicted octanol–water partition coefficient (Wildman–Crippen LogP) is 1.45. The lowest BCUT2D eigenvalue weighted by Crippen LogP contribution is -2.10. The molecule has 1 saturated heterocycles. The Morgan fingerprint density at radius 1 is 1.29 bits per heavy atom. The average Bonchev–Trinajstić information content (AvgIpc) is 2.72. The zero-order chi connectivity index (χ0) is 12.6. The van der Waals surface area contributed by atoms with Crippen molar-refractivity contribution < 1.29 is 17.2 Å². The van der Waals surface area contributed by atoms with Crippen LogP contribution < -0.4 is 5.32 Å². The lowest BCUT2D eigenvalue weighted by Gasteiger charge is -2.11. The van der Waals surface area contributed by atoms with Crippen molar-refractivity contribution in [1.29, 1.82) is 0 Å². The van der Waals surface area contributed by atoms with E-state index in [9.17, 15) is 17.2 Å². The van der Waals surface area contributed by atoms with E-state index >= 15 is 0 Å². The summed E-state index contributed by atoms with van der Waals surface area (Å²) in [5.41, 5.74) is 0.250. The van der Waals surface area contributed by atoms with Crippen LogP contribution in [0.25, 0.3) is 0 Å². The van der Waals surface area contributed by atoms with E-state index in [2.05, 4.69) is 5.32 Å². The van der Waals surface area contributed by atoms with Crippen LogP contribution in [-0.2, 0) is 9.84 Å². The molecule has 1 aliphatic heterocycles. The molecule has 1 aromatic rings. The number of hydrogen-bond donors (Lipinski definition) is 1. The largest absolute Gasteiger partial charge is 0.316 e. The van der Waals surface area contributed by atoms with Crippen LogP contribution in [0.15, 0.2) is 17.0 Å². The molecule has 0 saturated carbocycles. The van der Waals surface area contributed by atoms with E-state index in [1.165, 1.54) is 0 Å². The van der Waals surface area contributed by atoms with Crippen molar-refractivity contribution in [3.63, 3.8) is 0 Å². The van der Waals surface area contributed by atoms with Crippen molar-refractivity contribution >= 4 is 9.84 Å². The van der Waals surface area contributed by atoms with Gasteiger partial charge in [-0.2, -0.15) is 0 Å². The van der Waals surface area contributed by atoms with Crippen molar-refractivity contribution in [1.82, 2.24) is 5.32 Å². The van der Waals surface area contributed by atoms with E-state index in [1.54, 1.807) is 0 Å². The molecule has 94 valence electrons. The maximum atomic E-state index is 13.8. The average molecular weight is 261 g/mol. The highest BCUT2D eigenvalue weighted by molar-refractivity contribution is 7.90. The molecular formula is C11H13F2NO2S. The Morgan fingerprint density at radius 3 is 2.53 bits per heavy atom. The van der Waals surface area contributed by atoms with Crippen LogP contribution in [0, 0.1) is 11.6 Å². The summed E-state index contributed by atoms with van der Waals surface area (Å²) in [6.07, 6.45) is 1.59. The standard InChI is InChI=1S/C11H13F2NO2S/c1-17(15,16)11-5-9(12)8(4-10(11)13)7-2-3-14-6-7/h4-5,7,14H,2-3,6H2,1H3. The molecule has 0 radical (unpaired) electrons. The quantitative estimate of drug-likeness (QED) is 0.876. The summed E-state index contributed by atoms with van der Waals surface area (Å²) in [5, 5.41) is 3.05. The lowest BCUT2D eigenvalue weighted by atomic mass is 9.98. The second-order valence-electron chi connectivity index (χ2n) is 4.27. The van der Waals surface area contributed by atoms with Gasteiger partial charge in [0.1, 0.15) is 16.5 Å². The molecule has 17 heavy (non-hydrogen) atoms. The number of sulfone groups is 1. The third kappa shape index (κ3) is 2.47. The molecule has 0 aromatic heterocycles. The molecule has 1 fully saturated rings. The van der Waals surface area contributed by atoms with Crippen LogP contribution >= 0.6 is 0 Å². The summed E-state index contributed by atoms with van der Waals surface area (Å²) < 4.78 is 49.8. The first kappa shape index (κ1) is 12.4. The van der Waals surface area contributed by atoms with Crippen LogP contribution in [0.3, 0.4) is 0 Å². The summed E-state index contributed by atoms with van der Waals surface area (Å²) in [6.45, 7) is 1.36. The number of nitrogens with one attached hydrogen (secondary N) is 1. The number of halogens is 2. The van der Waals surface area contributed by atoms with Gasteiger partial charge in [0, 0.05) is 18.7 Å². The fourth-order valence-corrected chi connectivity index (χ4v) is 2.79. The molecule has 1 heterocycles. The van der Waals surface area contributed by atoms with Gasteiger partial charge in [0.05, 0.1) is 0 Å². The minimum Gasteiger partial charge on any atom is -0.316 e. The van der Waals surface area contributed by atoms with Gasteiger partial charge in [-0.1, -0.05) is 0 Å². The van der Waals surface area contributed by atoms with Gasteiger partial charge >= 0.3 is 0 Å². The van der Waals surface area contributed by atoms with Crippen molar-refractivity contribution in [2.45, 2.75) is 17.2 Å². The number of hydrogen-bond acceptors (Lipinski definition) is 3. The zero-order valence-electron chi connectivity index (χ0n) is 9.33. The van der Waals surface area contributed by atoms with Crippen LogP contribution in [0.5, 0.6) is 0 Å². The van der Waals surface area contributed by atoms with E-state index in [0.717, 1.165) is 31.4 Å². The molecule has 0 bridgehead atoms. The van der Waals surface area contributed by atoms with Gasteiger partial charge in [-0.3, -0.25) is 0 Å². The molecule has 1 aliphatic rings. The minimum atomic E-state index is -3.73. The van der Waals surface area contributed by atoms with E-state index in [1.807, 2.05) is 0 Å². The van der Waals surface area contributed by atoms with Gasteiger partial charge in [0.15, 0.2) is 9.84 Å². The highest BCUT2D eigenvalue weighted by Gasteiger charge is 2.24. The van der Waals surface area contributed by atoms with Crippen LogP contribution in [-0.4, -0.2) is 27.8 Å². The molecule has 0 spiro atoms. The Labute approximate surface area is 98.8 Å². The molecule has 3 nitrogen and oxygen atoms in total. The fraction of sp³-hybridized carbons (Fsp3) is 0.455. The summed E-state index contributed by atoms with van der Waals surface area (Å²) >= 11 is 0. The molecule has 1 aromatic carbocycles. The van der Waals surface area contributed by atoms with Crippen molar-refractivity contribution in [3.05, 3.63) is 29.3 Å². The van der Waals surface area contributed by atoms with Gasteiger partial charge in [-0.05, 0) is 30.7 Å². The van der Waals surface area contributed by atoms with Gasteiger partial charge < -0.3 is 5.32 Å². The first-order chi connectivity index (χ1) is 7.89. The second kappa shape index (κ2) is 4.34. The molecule has 0 aliphatic carbocycles. The van der Waals surface area contributed by atoms with Gasteiger partial charge in [0.25, 0.3) is 0 Å². The van der Waals surface area contributed by atoms with Crippen LogP contribution in [0.4, 0.5) is 8.78 Å². The summed E-state index contributed by atoms with van der Waals surface area (Å²) in [7, 11) is -3.73. The summed E-state index contributed by atoms with van der Waals surface area (Å²) in [4.78, 5) is -0.579. The van der Waals surface area contributed by atoms with Crippen LogP contribution in [0.2, 0.25) is 0 Å².